The standard InChI is InChI=1S/C20H19FN2O4/c1-2-22(19(25)14-6-4-3-5-7-14)23-17(24)12-16(18(23)20(26)27)13-8-10-15(21)11-9-13/h3-11,16,18H,2,12H2,1H3,(H,26,27)/t16-,18+/m0/s1. The van der Waals surface area contributed by atoms with Gasteiger partial charge in [-0.25, -0.2) is 19.2 Å². The summed E-state index contributed by atoms with van der Waals surface area (Å²) in [5.41, 5.74) is 0.907. The fourth-order valence-electron chi connectivity index (χ4n) is 3.41. The highest BCUT2D eigenvalue weighted by molar-refractivity contribution is 5.97. The summed E-state index contributed by atoms with van der Waals surface area (Å²) in [5, 5.41) is 12.0. The van der Waals surface area contributed by atoms with E-state index in [0.29, 0.717) is 11.1 Å². The van der Waals surface area contributed by atoms with Gasteiger partial charge < -0.3 is 5.11 Å². The first kappa shape index (κ1) is 18.6. The molecule has 3 rings (SSSR count). The quantitative estimate of drug-likeness (QED) is 0.878. The molecule has 1 aliphatic rings. The van der Waals surface area contributed by atoms with Crippen LogP contribution in [0.25, 0.3) is 0 Å². The third-order valence-corrected chi connectivity index (χ3v) is 4.66. The normalized spacial score (nSPS) is 19.2. The number of nitrogens with zero attached hydrogens (tertiary/aromatic N) is 2. The SMILES string of the molecule is CCN(C(=O)c1ccccc1)N1C(=O)C[C@@H](c2ccc(F)cc2)[C@@H]1C(=O)O. The summed E-state index contributed by atoms with van der Waals surface area (Å²) >= 11 is 0. The fourth-order valence-corrected chi connectivity index (χ4v) is 3.41. The number of amides is 2. The van der Waals surface area contributed by atoms with Crippen molar-refractivity contribution >= 4 is 17.8 Å². The number of benzene rings is 2. The van der Waals surface area contributed by atoms with E-state index in [4.69, 9.17) is 0 Å². The molecule has 1 heterocycles. The van der Waals surface area contributed by atoms with E-state index in [9.17, 15) is 23.9 Å². The van der Waals surface area contributed by atoms with Crippen molar-refractivity contribution in [3.05, 3.63) is 71.5 Å². The molecule has 1 N–H and O–H groups in total. The highest BCUT2D eigenvalue weighted by Crippen LogP contribution is 2.36. The highest BCUT2D eigenvalue weighted by Gasteiger charge is 2.48. The number of aliphatic carboxylic acids is 1. The van der Waals surface area contributed by atoms with E-state index in [0.717, 1.165) is 5.01 Å². The van der Waals surface area contributed by atoms with Gasteiger partial charge in [0.1, 0.15) is 5.82 Å². The topological polar surface area (TPSA) is 77.9 Å². The first-order chi connectivity index (χ1) is 12.9. The highest BCUT2D eigenvalue weighted by atomic mass is 19.1. The Labute approximate surface area is 155 Å². The van der Waals surface area contributed by atoms with Gasteiger partial charge in [0.15, 0.2) is 6.04 Å². The summed E-state index contributed by atoms with van der Waals surface area (Å²) in [6.45, 7) is 1.82. The fraction of sp³-hybridized carbons (Fsp3) is 0.250. The van der Waals surface area contributed by atoms with Gasteiger partial charge in [-0.2, -0.15) is 0 Å². The number of hydrogen-bond donors (Lipinski definition) is 1. The minimum absolute atomic E-state index is 0.0683. The Hall–Kier alpha value is -3.22. The van der Waals surface area contributed by atoms with Crippen molar-refractivity contribution in [1.82, 2.24) is 10.0 Å². The van der Waals surface area contributed by atoms with Gasteiger partial charge >= 0.3 is 5.97 Å². The second-order valence-electron chi connectivity index (χ2n) is 6.27. The second kappa shape index (κ2) is 7.57. The van der Waals surface area contributed by atoms with Crippen molar-refractivity contribution in [2.45, 2.75) is 25.3 Å². The molecule has 0 saturated carbocycles. The van der Waals surface area contributed by atoms with E-state index >= 15 is 0 Å². The predicted octanol–water partition coefficient (Wildman–Crippen LogP) is 2.67. The number of hydrazine groups is 1. The van der Waals surface area contributed by atoms with E-state index in [1.165, 1.54) is 29.3 Å². The van der Waals surface area contributed by atoms with Crippen LogP contribution in [0.15, 0.2) is 54.6 Å². The van der Waals surface area contributed by atoms with Gasteiger partial charge in [-0.15, -0.1) is 0 Å². The van der Waals surface area contributed by atoms with Crippen molar-refractivity contribution in [3.63, 3.8) is 0 Å². The lowest BCUT2D eigenvalue weighted by Crippen LogP contribution is -2.54. The second-order valence-corrected chi connectivity index (χ2v) is 6.27. The van der Waals surface area contributed by atoms with Gasteiger partial charge in [-0.3, -0.25) is 9.59 Å². The molecule has 2 atom stereocenters. The largest absolute Gasteiger partial charge is 0.480 e. The van der Waals surface area contributed by atoms with Crippen molar-refractivity contribution in [1.29, 1.82) is 0 Å². The Kier molecular flexibility index (Phi) is 5.21. The van der Waals surface area contributed by atoms with Gasteiger partial charge in [0.2, 0.25) is 5.91 Å². The van der Waals surface area contributed by atoms with E-state index in [1.54, 1.807) is 37.3 Å². The molecule has 1 fully saturated rings. The average molecular weight is 370 g/mol. The van der Waals surface area contributed by atoms with Crippen LogP contribution >= 0.6 is 0 Å². The van der Waals surface area contributed by atoms with Crippen LogP contribution in [-0.4, -0.2) is 45.5 Å². The molecule has 7 heteroatoms. The van der Waals surface area contributed by atoms with Gasteiger partial charge in [-0.05, 0) is 36.8 Å². The maximum absolute atomic E-state index is 13.2. The van der Waals surface area contributed by atoms with Crippen LogP contribution in [0, 0.1) is 5.82 Å². The number of carbonyl (C=O) groups excluding carboxylic acids is 2. The van der Waals surface area contributed by atoms with E-state index in [-0.39, 0.29) is 13.0 Å². The Balaban J connectivity index is 1.97. The minimum atomic E-state index is -1.24. The molecule has 2 aromatic carbocycles. The maximum atomic E-state index is 13.2. The van der Waals surface area contributed by atoms with Crippen LogP contribution in [0.2, 0.25) is 0 Å². The molecule has 2 aromatic rings. The number of hydrogen-bond acceptors (Lipinski definition) is 3. The van der Waals surface area contributed by atoms with E-state index in [2.05, 4.69) is 0 Å². The van der Waals surface area contributed by atoms with Crippen LogP contribution in [0.4, 0.5) is 4.39 Å². The van der Waals surface area contributed by atoms with Crippen LogP contribution in [0.1, 0.15) is 35.2 Å². The van der Waals surface area contributed by atoms with Gasteiger partial charge in [0.25, 0.3) is 5.91 Å². The molecule has 0 radical (unpaired) electrons. The monoisotopic (exact) mass is 370 g/mol. The molecule has 0 unspecified atom stereocenters. The molecule has 0 aliphatic carbocycles. The number of carboxylic acids is 1. The molecule has 6 nitrogen and oxygen atoms in total. The first-order valence-corrected chi connectivity index (χ1v) is 8.61. The van der Waals surface area contributed by atoms with E-state index in [1.807, 2.05) is 0 Å². The summed E-state index contributed by atoms with van der Waals surface area (Å²) in [6.07, 6.45) is -0.0683. The molecule has 0 spiro atoms. The molecule has 140 valence electrons. The average Bonchev–Trinajstić information content (AvgIpc) is 3.01. The number of carboxylic acid groups (broad SMARTS) is 1. The zero-order chi connectivity index (χ0) is 19.6. The molecule has 2 amide bonds. The molecular formula is C20H19FN2O4. The van der Waals surface area contributed by atoms with Gasteiger partial charge in [-0.1, -0.05) is 30.3 Å². The van der Waals surface area contributed by atoms with Crippen molar-refractivity contribution in [3.8, 4) is 0 Å². The summed E-state index contributed by atoms with van der Waals surface area (Å²) in [5.74, 6) is -3.23. The molecular weight excluding hydrogens is 351 g/mol. The molecule has 1 aliphatic heterocycles. The lowest BCUT2D eigenvalue weighted by molar-refractivity contribution is -0.157. The Morgan fingerprint density at radius 1 is 1.15 bits per heavy atom. The van der Waals surface area contributed by atoms with E-state index < -0.39 is 35.6 Å². The predicted molar refractivity (Wildman–Crippen MR) is 95.2 cm³/mol. The third kappa shape index (κ3) is 3.53. The van der Waals surface area contributed by atoms with Crippen LogP contribution < -0.4 is 0 Å². The van der Waals surface area contributed by atoms with Crippen molar-refractivity contribution in [2.24, 2.45) is 0 Å². The molecule has 27 heavy (non-hydrogen) atoms. The van der Waals surface area contributed by atoms with Crippen LogP contribution in [0.5, 0.6) is 0 Å². The molecule has 0 bridgehead atoms. The summed E-state index contributed by atoms with van der Waals surface area (Å²) in [7, 11) is 0. The smallest absolute Gasteiger partial charge is 0.329 e. The molecule has 0 aromatic heterocycles. The van der Waals surface area contributed by atoms with Crippen molar-refractivity contribution in [2.75, 3.05) is 6.54 Å². The third-order valence-electron chi connectivity index (χ3n) is 4.66. The number of carbonyl (C=O) groups is 3. The Bertz CT molecular complexity index is 854. The zero-order valence-corrected chi connectivity index (χ0v) is 14.7. The number of rotatable bonds is 5. The maximum Gasteiger partial charge on any atom is 0.329 e. The minimum Gasteiger partial charge on any atom is -0.480 e. The molecule has 1 saturated heterocycles. The van der Waals surface area contributed by atoms with Crippen LogP contribution in [0.3, 0.4) is 0 Å². The summed E-state index contributed by atoms with van der Waals surface area (Å²) < 4.78 is 13.2. The van der Waals surface area contributed by atoms with Gasteiger partial charge in [0.05, 0.1) is 0 Å². The Morgan fingerprint density at radius 3 is 2.33 bits per heavy atom. The first-order valence-electron chi connectivity index (χ1n) is 8.61. The lowest BCUT2D eigenvalue weighted by Gasteiger charge is -2.35. The Morgan fingerprint density at radius 2 is 1.78 bits per heavy atom. The zero-order valence-electron chi connectivity index (χ0n) is 14.7. The van der Waals surface area contributed by atoms with Crippen molar-refractivity contribution < 1.29 is 23.9 Å². The lowest BCUT2D eigenvalue weighted by atomic mass is 9.92. The summed E-state index contributed by atoms with van der Waals surface area (Å²) in [4.78, 5) is 37.5. The summed E-state index contributed by atoms with van der Waals surface area (Å²) in [6, 6.07) is 12.5. The van der Waals surface area contributed by atoms with Crippen LogP contribution in [-0.2, 0) is 9.59 Å². The van der Waals surface area contributed by atoms with Gasteiger partial charge in [0, 0.05) is 24.4 Å². The number of halogens is 1.